The van der Waals surface area contributed by atoms with Gasteiger partial charge < -0.3 is 5.32 Å². The first kappa shape index (κ1) is 12.0. The molecule has 0 aromatic carbocycles. The Morgan fingerprint density at radius 1 is 1.40 bits per heavy atom. The zero-order chi connectivity index (χ0) is 11.3. The van der Waals surface area contributed by atoms with Crippen LogP contribution >= 0.6 is 0 Å². The van der Waals surface area contributed by atoms with Gasteiger partial charge in [-0.2, -0.15) is 5.26 Å². The third-order valence-corrected chi connectivity index (χ3v) is 3.12. The van der Waals surface area contributed by atoms with Crippen molar-refractivity contribution < 1.29 is 4.79 Å². The molecule has 0 spiro atoms. The smallest absolute Gasteiger partial charge is 0.239 e. The third-order valence-electron chi connectivity index (χ3n) is 3.12. The lowest BCUT2D eigenvalue weighted by Crippen LogP contribution is -2.38. The first-order chi connectivity index (χ1) is 7.06. The van der Waals surface area contributed by atoms with Crippen molar-refractivity contribution >= 4 is 5.91 Å². The Bertz CT molecular complexity index is 259. The largest absolute Gasteiger partial charge is 0.354 e. The van der Waals surface area contributed by atoms with Crippen molar-refractivity contribution in [1.82, 2.24) is 5.32 Å². The van der Waals surface area contributed by atoms with Gasteiger partial charge in [0, 0.05) is 6.54 Å². The predicted molar refractivity (Wildman–Crippen MR) is 59.0 cm³/mol. The van der Waals surface area contributed by atoms with E-state index in [0.29, 0.717) is 5.92 Å². The van der Waals surface area contributed by atoms with Crippen LogP contribution in [0.1, 0.15) is 46.0 Å². The number of hydrogen-bond acceptors (Lipinski definition) is 2. The number of nitrogens with one attached hydrogen (secondary N) is 1. The average Bonchev–Trinajstić information content (AvgIpc) is 2.27. The fraction of sp³-hybridized carbons (Fsp3) is 0.833. The van der Waals surface area contributed by atoms with Gasteiger partial charge in [0.15, 0.2) is 0 Å². The minimum atomic E-state index is -0.894. The maximum atomic E-state index is 11.6. The van der Waals surface area contributed by atoms with Crippen LogP contribution in [0.2, 0.25) is 0 Å². The van der Waals surface area contributed by atoms with Gasteiger partial charge in [0.05, 0.1) is 6.07 Å². The lowest BCUT2D eigenvalue weighted by molar-refractivity contribution is -0.127. The Balaban J connectivity index is 2.30. The number of amides is 1. The molecule has 0 radical (unpaired) electrons. The minimum absolute atomic E-state index is 0.143. The van der Waals surface area contributed by atoms with Gasteiger partial charge in [0.1, 0.15) is 5.41 Å². The Morgan fingerprint density at radius 3 is 2.53 bits per heavy atom. The molecule has 0 saturated heterocycles. The highest BCUT2D eigenvalue weighted by Crippen LogP contribution is 2.23. The molecule has 1 aliphatic carbocycles. The van der Waals surface area contributed by atoms with Crippen molar-refractivity contribution in [3.63, 3.8) is 0 Å². The van der Waals surface area contributed by atoms with E-state index in [1.807, 2.05) is 6.07 Å². The van der Waals surface area contributed by atoms with E-state index < -0.39 is 5.41 Å². The van der Waals surface area contributed by atoms with Gasteiger partial charge in [-0.1, -0.05) is 19.3 Å². The van der Waals surface area contributed by atoms with E-state index >= 15 is 0 Å². The topological polar surface area (TPSA) is 52.9 Å². The molecule has 1 N–H and O–H groups in total. The number of nitrogens with zero attached hydrogens (tertiary/aromatic N) is 1. The molecule has 3 nitrogen and oxygen atoms in total. The van der Waals surface area contributed by atoms with Crippen LogP contribution in [0.4, 0.5) is 0 Å². The van der Waals surface area contributed by atoms with Crippen molar-refractivity contribution in [3.05, 3.63) is 0 Å². The summed E-state index contributed by atoms with van der Waals surface area (Å²) in [5.41, 5.74) is -0.894. The molecule has 1 saturated carbocycles. The number of carbonyl (C=O) groups is 1. The van der Waals surface area contributed by atoms with Crippen molar-refractivity contribution in [2.45, 2.75) is 46.0 Å². The summed E-state index contributed by atoms with van der Waals surface area (Å²) in [6, 6.07) is 2.02. The second-order valence-corrected chi connectivity index (χ2v) is 4.95. The lowest BCUT2D eigenvalue weighted by atomic mass is 9.88. The molecule has 1 amide bonds. The minimum Gasteiger partial charge on any atom is -0.354 e. The normalized spacial score (nSPS) is 18.2. The molecule has 15 heavy (non-hydrogen) atoms. The number of carbonyl (C=O) groups excluding carboxylic acids is 1. The van der Waals surface area contributed by atoms with E-state index in [9.17, 15) is 4.79 Å². The molecule has 0 aliphatic heterocycles. The molecule has 0 aromatic heterocycles. The summed E-state index contributed by atoms with van der Waals surface area (Å²) in [7, 11) is 0. The molecule has 1 fully saturated rings. The maximum absolute atomic E-state index is 11.6. The summed E-state index contributed by atoms with van der Waals surface area (Å²) < 4.78 is 0. The highest BCUT2D eigenvalue weighted by Gasteiger charge is 2.27. The van der Waals surface area contributed by atoms with Crippen molar-refractivity contribution in [2.75, 3.05) is 6.54 Å². The maximum Gasteiger partial charge on any atom is 0.239 e. The Kier molecular flexibility index (Phi) is 4.14. The summed E-state index contributed by atoms with van der Waals surface area (Å²) in [5, 5.41) is 11.7. The van der Waals surface area contributed by atoms with Gasteiger partial charge in [0.25, 0.3) is 0 Å². The van der Waals surface area contributed by atoms with E-state index in [2.05, 4.69) is 5.32 Å². The van der Waals surface area contributed by atoms with E-state index in [1.165, 1.54) is 32.1 Å². The second kappa shape index (κ2) is 5.16. The zero-order valence-corrected chi connectivity index (χ0v) is 9.68. The van der Waals surface area contributed by atoms with Crippen LogP contribution in [-0.4, -0.2) is 12.5 Å². The summed E-state index contributed by atoms with van der Waals surface area (Å²) in [5.74, 6) is 0.479. The Morgan fingerprint density at radius 2 is 2.00 bits per heavy atom. The van der Waals surface area contributed by atoms with Crippen LogP contribution in [0.15, 0.2) is 0 Å². The molecule has 0 bridgehead atoms. The average molecular weight is 208 g/mol. The van der Waals surface area contributed by atoms with Gasteiger partial charge in [-0.25, -0.2) is 0 Å². The van der Waals surface area contributed by atoms with Crippen LogP contribution in [0.5, 0.6) is 0 Å². The predicted octanol–water partition coefficient (Wildman–Crippen LogP) is 2.23. The summed E-state index contributed by atoms with van der Waals surface area (Å²) in [6.07, 6.45) is 6.32. The number of hydrogen-bond donors (Lipinski definition) is 1. The number of nitriles is 1. The van der Waals surface area contributed by atoms with Gasteiger partial charge in [-0.05, 0) is 32.6 Å². The van der Waals surface area contributed by atoms with Gasteiger partial charge in [0.2, 0.25) is 5.91 Å². The Labute approximate surface area is 91.9 Å². The van der Waals surface area contributed by atoms with Crippen molar-refractivity contribution in [2.24, 2.45) is 11.3 Å². The highest BCUT2D eigenvalue weighted by molar-refractivity contribution is 5.84. The second-order valence-electron chi connectivity index (χ2n) is 4.95. The van der Waals surface area contributed by atoms with E-state index in [-0.39, 0.29) is 5.91 Å². The molecule has 84 valence electrons. The van der Waals surface area contributed by atoms with Crippen LogP contribution in [0, 0.1) is 22.7 Å². The third kappa shape index (κ3) is 3.54. The summed E-state index contributed by atoms with van der Waals surface area (Å²) in [4.78, 5) is 11.6. The molecule has 0 atom stereocenters. The number of rotatable bonds is 3. The molecule has 0 aromatic rings. The van der Waals surface area contributed by atoms with Crippen molar-refractivity contribution in [1.29, 1.82) is 5.26 Å². The van der Waals surface area contributed by atoms with Crippen LogP contribution in [-0.2, 0) is 4.79 Å². The fourth-order valence-corrected chi connectivity index (χ4v) is 1.90. The molecular weight excluding hydrogens is 188 g/mol. The molecule has 1 aliphatic rings. The molecule has 0 unspecified atom stereocenters. The highest BCUT2D eigenvalue weighted by atomic mass is 16.2. The van der Waals surface area contributed by atoms with E-state index in [0.717, 1.165) is 6.54 Å². The van der Waals surface area contributed by atoms with E-state index in [1.54, 1.807) is 13.8 Å². The first-order valence-corrected chi connectivity index (χ1v) is 5.76. The van der Waals surface area contributed by atoms with Gasteiger partial charge >= 0.3 is 0 Å². The van der Waals surface area contributed by atoms with Gasteiger partial charge in [-0.15, -0.1) is 0 Å². The molecular formula is C12H20N2O. The van der Waals surface area contributed by atoms with E-state index in [4.69, 9.17) is 5.26 Å². The molecule has 0 heterocycles. The van der Waals surface area contributed by atoms with Crippen LogP contribution < -0.4 is 5.32 Å². The molecule has 3 heteroatoms. The van der Waals surface area contributed by atoms with Crippen molar-refractivity contribution in [3.8, 4) is 6.07 Å². The van der Waals surface area contributed by atoms with Crippen LogP contribution in [0.3, 0.4) is 0 Å². The first-order valence-electron chi connectivity index (χ1n) is 5.76. The SMILES string of the molecule is CC(C)(C#N)C(=O)NCC1CCCCC1. The Hall–Kier alpha value is -1.04. The fourth-order valence-electron chi connectivity index (χ4n) is 1.90. The standard InChI is InChI=1S/C12H20N2O/c1-12(2,9-13)11(15)14-8-10-6-4-3-5-7-10/h10H,3-8H2,1-2H3,(H,14,15). The quantitative estimate of drug-likeness (QED) is 0.773. The summed E-state index contributed by atoms with van der Waals surface area (Å²) in [6.45, 7) is 4.05. The zero-order valence-electron chi connectivity index (χ0n) is 9.68. The molecule has 1 rings (SSSR count). The lowest BCUT2D eigenvalue weighted by Gasteiger charge is -2.23. The summed E-state index contributed by atoms with van der Waals surface area (Å²) >= 11 is 0. The van der Waals surface area contributed by atoms with Crippen LogP contribution in [0.25, 0.3) is 0 Å². The van der Waals surface area contributed by atoms with Gasteiger partial charge in [-0.3, -0.25) is 4.79 Å². The monoisotopic (exact) mass is 208 g/mol.